The fraction of sp³-hybridized carbons (Fsp3) is 0.333. The van der Waals surface area contributed by atoms with E-state index in [1.165, 1.54) is 4.90 Å². The number of carbonyl (C=O) groups excluding carboxylic acids is 2. The smallest absolute Gasteiger partial charge is 0.246 e. The zero-order valence-electron chi connectivity index (χ0n) is 13.8. The van der Waals surface area contributed by atoms with Crippen molar-refractivity contribution in [1.29, 1.82) is 0 Å². The van der Waals surface area contributed by atoms with Crippen molar-refractivity contribution in [2.24, 2.45) is 0 Å². The number of likely N-dealkylation sites (N-methyl/N-ethyl adjacent to an activating group) is 1. The fourth-order valence-electron chi connectivity index (χ4n) is 2.20. The van der Waals surface area contributed by atoms with Gasteiger partial charge in [0.1, 0.15) is 6.04 Å². The van der Waals surface area contributed by atoms with Gasteiger partial charge >= 0.3 is 0 Å². The molecule has 0 aliphatic carbocycles. The Kier molecular flexibility index (Phi) is 7.77. The first-order valence-electron chi connectivity index (χ1n) is 7.60. The van der Waals surface area contributed by atoms with Crippen LogP contribution in [0.2, 0.25) is 0 Å². The first kappa shape index (κ1) is 18.6. The molecule has 0 unspecified atom stereocenters. The van der Waals surface area contributed by atoms with Gasteiger partial charge in [0.05, 0.1) is 6.04 Å². The van der Waals surface area contributed by atoms with Crippen molar-refractivity contribution in [1.82, 2.24) is 10.2 Å². The zero-order chi connectivity index (χ0) is 17.2. The van der Waals surface area contributed by atoms with E-state index in [1.54, 1.807) is 38.3 Å². The summed E-state index contributed by atoms with van der Waals surface area (Å²) in [5.41, 5.74) is 0.701. The largest absolute Gasteiger partial charge is 0.326 e. The Labute approximate surface area is 138 Å². The molecule has 2 atom stereocenters. The van der Waals surface area contributed by atoms with Crippen LogP contribution in [-0.4, -0.2) is 42.4 Å². The molecule has 0 saturated carbocycles. The Hall–Kier alpha value is -2.40. The summed E-state index contributed by atoms with van der Waals surface area (Å²) >= 11 is 0. The minimum Gasteiger partial charge on any atom is -0.326 e. The Bertz CT molecular complexity index is 542. The standard InChI is InChI=1S/C18H25N3O2/c1-5-10-16(19-4)18(23)21(13-6-2)14(3)17(22)20-15-11-8-7-9-12-15/h5-9,11-12,14,16,19H,1-2,10,13H2,3-4H3,(H,20,22)/t14-,16-/m0/s1. The second kappa shape index (κ2) is 9.58. The molecule has 2 amide bonds. The molecule has 5 heteroatoms. The van der Waals surface area contributed by atoms with Gasteiger partial charge in [-0.15, -0.1) is 13.2 Å². The predicted molar refractivity (Wildman–Crippen MR) is 94.1 cm³/mol. The number of nitrogens with zero attached hydrogens (tertiary/aromatic N) is 1. The van der Waals surface area contributed by atoms with E-state index in [0.717, 1.165) is 0 Å². The van der Waals surface area contributed by atoms with Crippen LogP contribution in [0.15, 0.2) is 55.6 Å². The average molecular weight is 315 g/mol. The van der Waals surface area contributed by atoms with Crippen LogP contribution in [0, 0.1) is 0 Å². The molecule has 23 heavy (non-hydrogen) atoms. The maximum atomic E-state index is 12.6. The van der Waals surface area contributed by atoms with Crippen molar-refractivity contribution in [3.8, 4) is 0 Å². The van der Waals surface area contributed by atoms with Gasteiger partial charge < -0.3 is 15.5 Å². The maximum Gasteiger partial charge on any atom is 0.246 e. The molecular formula is C18H25N3O2. The number of carbonyl (C=O) groups is 2. The number of anilines is 1. The van der Waals surface area contributed by atoms with E-state index < -0.39 is 12.1 Å². The highest BCUT2D eigenvalue weighted by atomic mass is 16.2. The van der Waals surface area contributed by atoms with E-state index in [1.807, 2.05) is 18.2 Å². The molecule has 124 valence electrons. The fourth-order valence-corrected chi connectivity index (χ4v) is 2.20. The summed E-state index contributed by atoms with van der Waals surface area (Å²) in [7, 11) is 1.72. The molecule has 1 aromatic carbocycles. The minimum atomic E-state index is -0.610. The SMILES string of the molecule is C=CC[C@H](NC)C(=O)N(CC=C)[C@@H](C)C(=O)Nc1ccccc1. The van der Waals surface area contributed by atoms with Crippen LogP contribution < -0.4 is 10.6 Å². The average Bonchev–Trinajstić information content (AvgIpc) is 2.57. The van der Waals surface area contributed by atoms with Crippen LogP contribution in [0.4, 0.5) is 5.69 Å². The third-order valence-electron chi connectivity index (χ3n) is 3.55. The molecule has 0 radical (unpaired) electrons. The first-order valence-corrected chi connectivity index (χ1v) is 7.60. The van der Waals surface area contributed by atoms with Crippen molar-refractivity contribution in [2.75, 3.05) is 18.9 Å². The van der Waals surface area contributed by atoms with E-state index in [2.05, 4.69) is 23.8 Å². The third kappa shape index (κ3) is 5.38. The van der Waals surface area contributed by atoms with Crippen molar-refractivity contribution >= 4 is 17.5 Å². The molecule has 2 N–H and O–H groups in total. The van der Waals surface area contributed by atoms with E-state index in [-0.39, 0.29) is 11.8 Å². The Balaban J connectivity index is 2.85. The lowest BCUT2D eigenvalue weighted by molar-refractivity contribution is -0.139. The van der Waals surface area contributed by atoms with Crippen LogP contribution in [0.5, 0.6) is 0 Å². The van der Waals surface area contributed by atoms with Gasteiger partial charge in [0, 0.05) is 12.2 Å². The number of hydrogen-bond acceptors (Lipinski definition) is 3. The second-order valence-electron chi connectivity index (χ2n) is 5.18. The summed E-state index contributed by atoms with van der Waals surface area (Å²) in [6.07, 6.45) is 3.79. The van der Waals surface area contributed by atoms with Gasteiger partial charge in [0.15, 0.2) is 0 Å². The normalized spacial score (nSPS) is 12.8. The number of benzene rings is 1. The Morgan fingerprint density at radius 3 is 2.39 bits per heavy atom. The van der Waals surface area contributed by atoms with Crippen LogP contribution in [-0.2, 0) is 9.59 Å². The van der Waals surface area contributed by atoms with Gasteiger partial charge in [-0.1, -0.05) is 30.4 Å². The molecule has 0 aromatic heterocycles. The molecule has 5 nitrogen and oxygen atoms in total. The van der Waals surface area contributed by atoms with Gasteiger partial charge in [0.2, 0.25) is 11.8 Å². The van der Waals surface area contributed by atoms with E-state index >= 15 is 0 Å². The van der Waals surface area contributed by atoms with Gasteiger partial charge in [-0.3, -0.25) is 9.59 Å². The monoisotopic (exact) mass is 315 g/mol. The zero-order valence-corrected chi connectivity index (χ0v) is 13.8. The lowest BCUT2D eigenvalue weighted by atomic mass is 10.1. The van der Waals surface area contributed by atoms with Crippen molar-refractivity contribution < 1.29 is 9.59 Å². The number of amides is 2. The minimum absolute atomic E-state index is 0.150. The molecule has 0 spiro atoms. The van der Waals surface area contributed by atoms with Crippen LogP contribution >= 0.6 is 0 Å². The van der Waals surface area contributed by atoms with Crippen LogP contribution in [0.1, 0.15) is 13.3 Å². The molecule has 1 aromatic rings. The molecule has 0 heterocycles. The number of nitrogens with one attached hydrogen (secondary N) is 2. The maximum absolute atomic E-state index is 12.6. The highest BCUT2D eigenvalue weighted by Gasteiger charge is 2.29. The van der Waals surface area contributed by atoms with Crippen LogP contribution in [0.3, 0.4) is 0 Å². The van der Waals surface area contributed by atoms with E-state index in [4.69, 9.17) is 0 Å². The van der Waals surface area contributed by atoms with Crippen LogP contribution in [0.25, 0.3) is 0 Å². The second-order valence-corrected chi connectivity index (χ2v) is 5.18. The lowest BCUT2D eigenvalue weighted by Gasteiger charge is -2.30. The molecule has 0 aliphatic rings. The van der Waals surface area contributed by atoms with Gasteiger partial charge in [0.25, 0.3) is 0 Å². The highest BCUT2D eigenvalue weighted by Crippen LogP contribution is 2.10. The summed E-state index contributed by atoms with van der Waals surface area (Å²) in [6.45, 7) is 9.35. The summed E-state index contributed by atoms with van der Waals surface area (Å²) in [6, 6.07) is 8.15. The van der Waals surface area contributed by atoms with E-state index in [9.17, 15) is 9.59 Å². The molecule has 0 aliphatic heterocycles. The van der Waals surface area contributed by atoms with Crippen molar-refractivity contribution in [3.63, 3.8) is 0 Å². The van der Waals surface area contributed by atoms with E-state index in [0.29, 0.717) is 18.7 Å². The molecule has 0 bridgehead atoms. The van der Waals surface area contributed by atoms with Crippen molar-refractivity contribution in [2.45, 2.75) is 25.4 Å². The molecule has 1 rings (SSSR count). The summed E-state index contributed by atoms with van der Waals surface area (Å²) in [5.74, 6) is -0.386. The van der Waals surface area contributed by atoms with Crippen molar-refractivity contribution in [3.05, 3.63) is 55.6 Å². The lowest BCUT2D eigenvalue weighted by Crippen LogP contribution is -2.52. The molecule has 0 saturated heterocycles. The summed E-state index contributed by atoms with van der Waals surface area (Å²) in [5, 5.41) is 5.77. The Morgan fingerprint density at radius 2 is 1.87 bits per heavy atom. The van der Waals surface area contributed by atoms with Gasteiger partial charge in [-0.05, 0) is 32.5 Å². The quantitative estimate of drug-likeness (QED) is 0.687. The number of hydrogen-bond donors (Lipinski definition) is 2. The molecular weight excluding hydrogens is 290 g/mol. The molecule has 0 fully saturated rings. The third-order valence-corrected chi connectivity index (χ3v) is 3.55. The number of para-hydroxylation sites is 1. The first-order chi connectivity index (χ1) is 11.0. The highest BCUT2D eigenvalue weighted by molar-refractivity contribution is 5.97. The topological polar surface area (TPSA) is 61.4 Å². The van der Waals surface area contributed by atoms with Gasteiger partial charge in [-0.25, -0.2) is 0 Å². The van der Waals surface area contributed by atoms with Gasteiger partial charge in [-0.2, -0.15) is 0 Å². The number of rotatable bonds is 9. The predicted octanol–water partition coefficient (Wildman–Crippen LogP) is 2.19. The Morgan fingerprint density at radius 1 is 1.22 bits per heavy atom. The summed E-state index contributed by atoms with van der Waals surface area (Å²) < 4.78 is 0. The summed E-state index contributed by atoms with van der Waals surface area (Å²) in [4.78, 5) is 26.6.